The van der Waals surface area contributed by atoms with E-state index in [1.54, 1.807) is 11.8 Å². The van der Waals surface area contributed by atoms with Crippen molar-refractivity contribution in [3.05, 3.63) is 22.2 Å². The maximum Gasteiger partial charge on any atom is 0.319 e. The molecule has 0 aromatic carbocycles. The number of aromatic nitrogens is 1. The third kappa shape index (κ3) is 4.36. The predicted octanol–water partition coefficient (Wildman–Crippen LogP) is 0.275. The molecule has 7 nitrogen and oxygen atoms in total. The molecular formula is C12H18N2O5. The Kier molecular flexibility index (Phi) is 5.50. The normalized spacial score (nSPS) is 10.7. The largest absolute Gasteiger partial charge is 0.468 e. The first-order chi connectivity index (χ1) is 8.97. The molecule has 0 spiro atoms. The van der Waals surface area contributed by atoms with E-state index in [1.807, 2.05) is 6.92 Å². The summed E-state index contributed by atoms with van der Waals surface area (Å²) in [6.45, 7) is 4.00. The molecule has 0 fully saturated rings. The quantitative estimate of drug-likeness (QED) is 0.690. The lowest BCUT2D eigenvalue weighted by Gasteiger charge is -2.18. The number of aryl methyl sites for hydroxylation is 1. The number of ether oxygens (including phenoxy) is 1. The maximum absolute atomic E-state index is 11.9. The van der Waals surface area contributed by atoms with Crippen LogP contribution >= 0.6 is 0 Å². The van der Waals surface area contributed by atoms with E-state index in [1.165, 1.54) is 13.2 Å². The van der Waals surface area contributed by atoms with Crippen LogP contribution in [-0.4, -0.2) is 48.3 Å². The zero-order valence-electron chi connectivity index (χ0n) is 11.3. The number of carbonyl (C=O) groups is 2. The second-order valence-electron chi connectivity index (χ2n) is 4.16. The number of hydrogen-bond donors (Lipinski definition) is 0. The van der Waals surface area contributed by atoms with E-state index in [0.717, 1.165) is 6.42 Å². The Hall–Kier alpha value is -1.89. The average molecular weight is 270 g/mol. The SMILES string of the molecule is CCCN(CC(=O)OC)CC(=O)n1oc(C)cc1=O. The van der Waals surface area contributed by atoms with Gasteiger partial charge in [-0.25, -0.2) is 0 Å². The van der Waals surface area contributed by atoms with Crippen LogP contribution in [0.2, 0.25) is 0 Å². The van der Waals surface area contributed by atoms with E-state index in [0.29, 0.717) is 17.0 Å². The van der Waals surface area contributed by atoms with Gasteiger partial charge >= 0.3 is 5.97 Å². The molecule has 0 aliphatic carbocycles. The fourth-order valence-corrected chi connectivity index (χ4v) is 1.65. The summed E-state index contributed by atoms with van der Waals surface area (Å²) in [6.07, 6.45) is 0.774. The van der Waals surface area contributed by atoms with Crippen LogP contribution < -0.4 is 5.56 Å². The van der Waals surface area contributed by atoms with Crippen LogP contribution in [0, 0.1) is 6.92 Å². The van der Waals surface area contributed by atoms with Crippen molar-refractivity contribution in [2.24, 2.45) is 0 Å². The fraction of sp³-hybridized carbons (Fsp3) is 0.583. The Morgan fingerprint density at radius 1 is 1.42 bits per heavy atom. The molecule has 0 N–H and O–H groups in total. The van der Waals surface area contributed by atoms with Crippen LogP contribution in [0.15, 0.2) is 15.4 Å². The Morgan fingerprint density at radius 3 is 2.58 bits per heavy atom. The number of nitrogens with zero attached hydrogens (tertiary/aromatic N) is 2. The van der Waals surface area contributed by atoms with Gasteiger partial charge < -0.3 is 9.26 Å². The molecule has 0 atom stereocenters. The summed E-state index contributed by atoms with van der Waals surface area (Å²) in [6, 6.07) is 1.24. The lowest BCUT2D eigenvalue weighted by molar-refractivity contribution is -0.141. The van der Waals surface area contributed by atoms with Gasteiger partial charge in [-0.05, 0) is 19.9 Å². The molecule has 1 aromatic heterocycles. The molecule has 0 bridgehead atoms. The summed E-state index contributed by atoms with van der Waals surface area (Å²) < 4.78 is 10.3. The molecule has 0 amide bonds. The summed E-state index contributed by atoms with van der Waals surface area (Å²) in [5.41, 5.74) is -0.503. The summed E-state index contributed by atoms with van der Waals surface area (Å²) in [7, 11) is 1.29. The summed E-state index contributed by atoms with van der Waals surface area (Å²) in [5, 5.41) is 0. The van der Waals surface area contributed by atoms with Crippen molar-refractivity contribution in [3.63, 3.8) is 0 Å². The van der Waals surface area contributed by atoms with Crippen LogP contribution in [-0.2, 0) is 9.53 Å². The van der Waals surface area contributed by atoms with Crippen molar-refractivity contribution in [1.82, 2.24) is 9.64 Å². The van der Waals surface area contributed by atoms with Crippen LogP contribution in [0.25, 0.3) is 0 Å². The number of methoxy groups -OCH3 is 1. The van der Waals surface area contributed by atoms with E-state index in [2.05, 4.69) is 4.74 Å². The number of carbonyl (C=O) groups excluding carboxylic acids is 2. The van der Waals surface area contributed by atoms with Crippen LogP contribution in [0.5, 0.6) is 0 Å². The zero-order valence-corrected chi connectivity index (χ0v) is 11.3. The molecule has 1 aromatic rings. The first-order valence-corrected chi connectivity index (χ1v) is 6.00. The highest BCUT2D eigenvalue weighted by Crippen LogP contribution is 1.97. The molecule has 0 saturated carbocycles. The molecule has 1 rings (SSSR count). The predicted molar refractivity (Wildman–Crippen MR) is 67.1 cm³/mol. The van der Waals surface area contributed by atoms with Crippen LogP contribution in [0.1, 0.15) is 23.9 Å². The standard InChI is InChI=1S/C12H18N2O5/c1-4-5-13(8-12(17)18-3)7-11(16)14-10(15)6-9(2)19-14/h6H,4-5,7-8H2,1-3H3. The summed E-state index contributed by atoms with van der Waals surface area (Å²) in [4.78, 5) is 36.2. The van der Waals surface area contributed by atoms with E-state index in [9.17, 15) is 14.4 Å². The van der Waals surface area contributed by atoms with Crippen molar-refractivity contribution >= 4 is 11.9 Å². The molecule has 0 radical (unpaired) electrons. The maximum atomic E-state index is 11.9. The van der Waals surface area contributed by atoms with Gasteiger partial charge in [0.05, 0.1) is 20.2 Å². The van der Waals surface area contributed by atoms with Gasteiger partial charge in [-0.15, -0.1) is 4.74 Å². The first-order valence-electron chi connectivity index (χ1n) is 6.00. The molecule has 0 saturated heterocycles. The molecule has 0 aliphatic rings. The van der Waals surface area contributed by atoms with Gasteiger partial charge in [0.15, 0.2) is 0 Å². The fourth-order valence-electron chi connectivity index (χ4n) is 1.65. The van der Waals surface area contributed by atoms with Gasteiger partial charge in [-0.1, -0.05) is 6.92 Å². The van der Waals surface area contributed by atoms with E-state index in [4.69, 9.17) is 4.52 Å². The molecule has 0 aliphatic heterocycles. The van der Waals surface area contributed by atoms with E-state index in [-0.39, 0.29) is 13.1 Å². The minimum absolute atomic E-state index is 0.00449. The smallest absolute Gasteiger partial charge is 0.319 e. The van der Waals surface area contributed by atoms with Gasteiger partial charge in [0.1, 0.15) is 5.76 Å². The van der Waals surface area contributed by atoms with Gasteiger partial charge in [0.25, 0.3) is 11.5 Å². The molecule has 1 heterocycles. The highest BCUT2D eigenvalue weighted by Gasteiger charge is 2.18. The molecule has 106 valence electrons. The lowest BCUT2D eigenvalue weighted by atomic mass is 10.4. The third-order valence-electron chi connectivity index (χ3n) is 2.47. The highest BCUT2D eigenvalue weighted by atomic mass is 16.5. The third-order valence-corrected chi connectivity index (χ3v) is 2.47. The number of rotatable bonds is 6. The zero-order chi connectivity index (χ0) is 14.4. The van der Waals surface area contributed by atoms with Gasteiger partial charge in [-0.3, -0.25) is 19.3 Å². The van der Waals surface area contributed by atoms with Crippen molar-refractivity contribution < 1.29 is 18.8 Å². The van der Waals surface area contributed by atoms with Gasteiger partial charge in [0, 0.05) is 6.07 Å². The Morgan fingerprint density at radius 2 is 2.11 bits per heavy atom. The van der Waals surface area contributed by atoms with Crippen molar-refractivity contribution in [1.29, 1.82) is 0 Å². The Labute approximate surface area is 110 Å². The van der Waals surface area contributed by atoms with Crippen molar-refractivity contribution in [2.45, 2.75) is 20.3 Å². The Bertz CT molecular complexity index is 502. The molecule has 19 heavy (non-hydrogen) atoms. The summed E-state index contributed by atoms with van der Waals surface area (Å²) >= 11 is 0. The average Bonchev–Trinajstić information content (AvgIpc) is 2.68. The minimum atomic E-state index is -0.504. The second kappa shape index (κ2) is 6.89. The lowest BCUT2D eigenvalue weighted by Crippen LogP contribution is -2.39. The van der Waals surface area contributed by atoms with Gasteiger partial charge in [-0.2, -0.15) is 0 Å². The van der Waals surface area contributed by atoms with E-state index < -0.39 is 17.4 Å². The summed E-state index contributed by atoms with van der Waals surface area (Å²) in [5.74, 6) is -0.562. The number of esters is 1. The van der Waals surface area contributed by atoms with Gasteiger partial charge in [0.2, 0.25) is 0 Å². The topological polar surface area (TPSA) is 81.8 Å². The van der Waals surface area contributed by atoms with Crippen molar-refractivity contribution in [3.8, 4) is 0 Å². The minimum Gasteiger partial charge on any atom is -0.468 e. The first kappa shape index (κ1) is 15.2. The second-order valence-corrected chi connectivity index (χ2v) is 4.16. The number of hydrogen-bond acceptors (Lipinski definition) is 6. The monoisotopic (exact) mass is 270 g/mol. The highest BCUT2D eigenvalue weighted by molar-refractivity contribution is 5.80. The van der Waals surface area contributed by atoms with Crippen LogP contribution in [0.3, 0.4) is 0 Å². The molecular weight excluding hydrogens is 252 g/mol. The van der Waals surface area contributed by atoms with E-state index >= 15 is 0 Å². The van der Waals surface area contributed by atoms with Crippen molar-refractivity contribution in [2.75, 3.05) is 26.7 Å². The molecule has 7 heteroatoms. The Balaban J connectivity index is 2.73. The molecule has 0 unspecified atom stereocenters. The van der Waals surface area contributed by atoms with Crippen LogP contribution in [0.4, 0.5) is 0 Å².